The zero-order chi connectivity index (χ0) is 17.2. The van der Waals surface area contributed by atoms with Crippen LogP contribution in [0.25, 0.3) is 0 Å². The van der Waals surface area contributed by atoms with E-state index in [1.54, 1.807) is 0 Å². The van der Waals surface area contributed by atoms with Gasteiger partial charge in [-0.25, -0.2) is 0 Å². The highest BCUT2D eigenvalue weighted by molar-refractivity contribution is 5.86. The van der Waals surface area contributed by atoms with Crippen LogP contribution in [-0.4, -0.2) is 71.1 Å². The maximum atomic E-state index is 11.4. The molecule has 0 aromatic rings. The molecule has 0 aliphatic carbocycles. The molecular weight excluding hydrogens is 302 g/mol. The van der Waals surface area contributed by atoms with E-state index in [4.69, 9.17) is 25.4 Å². The van der Waals surface area contributed by atoms with Crippen LogP contribution in [0.1, 0.15) is 19.8 Å². The summed E-state index contributed by atoms with van der Waals surface area (Å²) in [5.74, 6) is 2.08. The first-order chi connectivity index (χ1) is 11.2. The van der Waals surface area contributed by atoms with Crippen LogP contribution in [0.4, 0.5) is 0 Å². The van der Waals surface area contributed by atoms with Crippen molar-refractivity contribution in [2.45, 2.75) is 19.8 Å². The van der Waals surface area contributed by atoms with E-state index in [2.05, 4.69) is 11.2 Å². The number of rotatable bonds is 16. The lowest BCUT2D eigenvalue weighted by molar-refractivity contribution is -0.128. The maximum Gasteiger partial charge on any atom is 0.246 e. The predicted octanol–water partition coefficient (Wildman–Crippen LogP) is 0.171. The highest BCUT2D eigenvalue weighted by Crippen LogP contribution is 1.87. The molecule has 0 unspecified atom stereocenters. The molecule has 0 aromatic heterocycles. The Morgan fingerprint density at radius 3 is 2.09 bits per heavy atom. The van der Waals surface area contributed by atoms with Crippen molar-refractivity contribution in [3.63, 3.8) is 0 Å². The number of carbonyl (C=O) groups excluding carboxylic acids is 2. The van der Waals surface area contributed by atoms with Gasteiger partial charge in [0.15, 0.2) is 5.78 Å². The van der Waals surface area contributed by atoms with Gasteiger partial charge in [-0.1, -0.05) is 12.8 Å². The third-order valence-corrected chi connectivity index (χ3v) is 2.55. The van der Waals surface area contributed by atoms with Crippen LogP contribution in [0.2, 0.25) is 0 Å². The Kier molecular flexibility index (Phi) is 15.8. The summed E-state index contributed by atoms with van der Waals surface area (Å²) in [6.45, 7) is 4.71. The Balaban J connectivity index is 3.22. The first-order valence-corrected chi connectivity index (χ1v) is 7.73. The molecule has 0 heterocycles. The fraction of sp³-hybridized carbons (Fsp3) is 0.750. The molecule has 1 amide bonds. The van der Waals surface area contributed by atoms with Crippen molar-refractivity contribution < 1.29 is 28.5 Å². The summed E-state index contributed by atoms with van der Waals surface area (Å²) in [6.07, 6.45) is 6.28. The normalized spacial score (nSPS) is 10.3. The highest BCUT2D eigenvalue weighted by Gasteiger charge is 2.04. The number of ketones is 1. The molecule has 0 aromatic carbocycles. The van der Waals surface area contributed by atoms with Crippen LogP contribution >= 0.6 is 0 Å². The number of amides is 1. The third kappa shape index (κ3) is 16.7. The van der Waals surface area contributed by atoms with Crippen molar-refractivity contribution in [3.05, 3.63) is 0 Å². The summed E-state index contributed by atoms with van der Waals surface area (Å²) in [5.41, 5.74) is 0. The molecule has 0 aliphatic rings. The monoisotopic (exact) mass is 329 g/mol. The van der Waals surface area contributed by atoms with E-state index in [0.29, 0.717) is 46.1 Å². The second-order valence-corrected chi connectivity index (χ2v) is 4.60. The van der Waals surface area contributed by atoms with E-state index in [1.807, 2.05) is 6.92 Å². The lowest BCUT2D eigenvalue weighted by Crippen LogP contribution is -2.32. The van der Waals surface area contributed by atoms with Gasteiger partial charge in [-0.3, -0.25) is 9.59 Å². The molecule has 1 N–H and O–H groups in total. The average Bonchev–Trinajstić information content (AvgIpc) is 2.54. The zero-order valence-corrected chi connectivity index (χ0v) is 13.8. The number of nitrogens with one attached hydrogen (secondary N) is 1. The lowest BCUT2D eigenvalue weighted by Gasteiger charge is -2.07. The molecule has 132 valence electrons. The molecule has 7 nitrogen and oxygen atoms in total. The molecule has 0 bridgehead atoms. The number of carbonyl (C=O) groups is 2. The minimum absolute atomic E-state index is 0.0221. The molecule has 0 saturated carbocycles. The van der Waals surface area contributed by atoms with Crippen LogP contribution in [0.3, 0.4) is 0 Å². The molecule has 0 fully saturated rings. The first-order valence-electron chi connectivity index (χ1n) is 7.73. The summed E-state index contributed by atoms with van der Waals surface area (Å²) in [7, 11) is 0. The predicted molar refractivity (Wildman–Crippen MR) is 85.0 cm³/mol. The second-order valence-electron chi connectivity index (χ2n) is 4.60. The van der Waals surface area contributed by atoms with E-state index in [9.17, 15) is 9.59 Å². The number of terminal acetylenes is 1. The molecule has 23 heavy (non-hydrogen) atoms. The van der Waals surface area contributed by atoms with Crippen molar-refractivity contribution in [3.8, 4) is 12.3 Å². The standard InChI is InChI=1S/C16H27NO6/c1-3-5-15(18)13-17-16(19)14-23-12-11-22-10-9-21-8-7-20-6-4-2/h2H,3,5-14H2,1H3,(H,17,19). The Hall–Kier alpha value is -1.46. The largest absolute Gasteiger partial charge is 0.377 e. The third-order valence-electron chi connectivity index (χ3n) is 2.55. The lowest BCUT2D eigenvalue weighted by atomic mass is 10.2. The topological polar surface area (TPSA) is 83.1 Å². The Morgan fingerprint density at radius 2 is 1.52 bits per heavy atom. The van der Waals surface area contributed by atoms with Crippen molar-refractivity contribution in [1.29, 1.82) is 0 Å². The smallest absolute Gasteiger partial charge is 0.246 e. The minimum Gasteiger partial charge on any atom is -0.377 e. The molecule has 0 aliphatic heterocycles. The van der Waals surface area contributed by atoms with E-state index < -0.39 is 0 Å². The van der Waals surface area contributed by atoms with Gasteiger partial charge in [-0.2, -0.15) is 0 Å². The van der Waals surface area contributed by atoms with E-state index >= 15 is 0 Å². The maximum absolute atomic E-state index is 11.4. The van der Waals surface area contributed by atoms with E-state index in [-0.39, 0.29) is 31.4 Å². The summed E-state index contributed by atoms with van der Waals surface area (Å²) in [6, 6.07) is 0. The van der Waals surface area contributed by atoms with Gasteiger partial charge >= 0.3 is 0 Å². The van der Waals surface area contributed by atoms with E-state index in [0.717, 1.165) is 6.42 Å². The first kappa shape index (κ1) is 21.5. The fourth-order valence-electron chi connectivity index (χ4n) is 1.47. The summed E-state index contributed by atoms with van der Waals surface area (Å²) < 4.78 is 20.7. The van der Waals surface area contributed by atoms with Gasteiger partial charge in [0.1, 0.15) is 13.2 Å². The average molecular weight is 329 g/mol. The number of ether oxygens (including phenoxy) is 4. The van der Waals surface area contributed by atoms with Crippen LogP contribution in [-0.2, 0) is 28.5 Å². The van der Waals surface area contributed by atoms with Crippen molar-refractivity contribution >= 4 is 11.7 Å². The summed E-state index contributed by atoms with van der Waals surface area (Å²) in [4.78, 5) is 22.6. The Morgan fingerprint density at radius 1 is 0.957 bits per heavy atom. The van der Waals surface area contributed by atoms with Gasteiger partial charge in [0.25, 0.3) is 0 Å². The Labute approximate surface area is 138 Å². The van der Waals surface area contributed by atoms with E-state index in [1.165, 1.54) is 0 Å². The second kappa shape index (κ2) is 16.9. The quantitative estimate of drug-likeness (QED) is 0.321. The van der Waals surface area contributed by atoms with Crippen LogP contribution in [0.5, 0.6) is 0 Å². The SMILES string of the molecule is C#CCOCCOCCOCCOCC(=O)NCC(=O)CCC. The molecule has 0 radical (unpaired) electrons. The minimum atomic E-state index is -0.301. The molecule has 0 saturated heterocycles. The molecule has 0 rings (SSSR count). The fourth-order valence-corrected chi connectivity index (χ4v) is 1.47. The Bertz CT molecular complexity index is 353. The van der Waals surface area contributed by atoms with Crippen LogP contribution in [0.15, 0.2) is 0 Å². The number of Topliss-reactive ketones (excluding diaryl/α,β-unsaturated/α-hetero) is 1. The van der Waals surface area contributed by atoms with Gasteiger partial charge in [0.2, 0.25) is 5.91 Å². The van der Waals surface area contributed by atoms with Crippen molar-refractivity contribution in [2.75, 3.05) is 59.4 Å². The van der Waals surface area contributed by atoms with Crippen molar-refractivity contribution in [1.82, 2.24) is 5.32 Å². The molecule has 0 spiro atoms. The highest BCUT2D eigenvalue weighted by atomic mass is 16.6. The van der Waals surface area contributed by atoms with Crippen LogP contribution < -0.4 is 5.32 Å². The number of hydrogen-bond donors (Lipinski definition) is 1. The van der Waals surface area contributed by atoms with Gasteiger partial charge in [0.05, 0.1) is 46.2 Å². The molecule has 7 heteroatoms. The van der Waals surface area contributed by atoms with Crippen LogP contribution in [0, 0.1) is 12.3 Å². The zero-order valence-electron chi connectivity index (χ0n) is 13.8. The van der Waals surface area contributed by atoms with Gasteiger partial charge in [-0.15, -0.1) is 6.42 Å². The van der Waals surface area contributed by atoms with Gasteiger partial charge in [0, 0.05) is 6.42 Å². The van der Waals surface area contributed by atoms with Gasteiger partial charge in [-0.05, 0) is 6.42 Å². The summed E-state index contributed by atoms with van der Waals surface area (Å²) >= 11 is 0. The number of hydrogen-bond acceptors (Lipinski definition) is 6. The van der Waals surface area contributed by atoms with Crippen molar-refractivity contribution in [2.24, 2.45) is 0 Å². The molecule has 0 atom stereocenters. The summed E-state index contributed by atoms with van der Waals surface area (Å²) in [5, 5.41) is 2.51. The van der Waals surface area contributed by atoms with Gasteiger partial charge < -0.3 is 24.3 Å². The molecular formula is C16H27NO6.